The van der Waals surface area contributed by atoms with Crippen LogP contribution in [0, 0.1) is 11.8 Å². The highest BCUT2D eigenvalue weighted by molar-refractivity contribution is 5.92. The molecule has 2 N–H and O–H groups in total. The lowest BCUT2D eigenvalue weighted by molar-refractivity contribution is -0.125. The number of nitrogens with zero attached hydrogens (tertiary/aromatic N) is 5. The molecule has 10 heteroatoms. The number of ether oxygens (including phenoxy) is 2. The fourth-order valence-corrected chi connectivity index (χ4v) is 5.03. The smallest absolute Gasteiger partial charge is 0.246 e. The van der Waals surface area contributed by atoms with Gasteiger partial charge in [0, 0.05) is 56.6 Å². The van der Waals surface area contributed by atoms with Gasteiger partial charge in [0.05, 0.1) is 31.2 Å². The molecule has 0 unspecified atom stereocenters. The average Bonchev–Trinajstić information content (AvgIpc) is 3.66. The molecule has 2 aromatic heterocycles. The molecule has 1 aromatic carbocycles. The summed E-state index contributed by atoms with van der Waals surface area (Å²) >= 11 is 0. The van der Waals surface area contributed by atoms with Crippen molar-refractivity contribution in [3.8, 4) is 23.3 Å². The molecule has 2 aliphatic heterocycles. The zero-order valence-electron chi connectivity index (χ0n) is 21.6. The summed E-state index contributed by atoms with van der Waals surface area (Å²) in [6, 6.07) is 5.49. The van der Waals surface area contributed by atoms with Crippen LogP contribution in [0.4, 0.5) is 10.2 Å². The number of carbonyl (C=O) groups excluding carboxylic acids is 1. The summed E-state index contributed by atoms with van der Waals surface area (Å²) in [5.41, 5.74) is 8.38. The Bertz CT molecular complexity index is 1400. The number of aromatic nitrogens is 3. The van der Waals surface area contributed by atoms with Crippen LogP contribution in [0.2, 0.25) is 0 Å². The number of rotatable bonds is 6. The maximum absolute atomic E-state index is 13.4. The van der Waals surface area contributed by atoms with Crippen LogP contribution in [0.15, 0.2) is 42.9 Å². The van der Waals surface area contributed by atoms with Crippen LogP contribution >= 0.6 is 0 Å². The van der Waals surface area contributed by atoms with E-state index in [2.05, 4.69) is 21.8 Å². The third-order valence-electron chi connectivity index (χ3n) is 7.04. The second-order valence-corrected chi connectivity index (χ2v) is 9.53. The van der Waals surface area contributed by atoms with Crippen LogP contribution in [0.5, 0.6) is 11.5 Å². The third-order valence-corrected chi connectivity index (χ3v) is 7.04. The molecule has 5 rings (SSSR count). The number of carbonyl (C=O) groups is 1. The number of hydrogen-bond donors (Lipinski definition) is 1. The van der Waals surface area contributed by atoms with Crippen molar-refractivity contribution in [1.29, 1.82) is 0 Å². The van der Waals surface area contributed by atoms with E-state index < -0.39 is 6.17 Å². The van der Waals surface area contributed by atoms with Crippen molar-refractivity contribution in [2.45, 2.75) is 25.1 Å². The highest BCUT2D eigenvalue weighted by Crippen LogP contribution is 2.31. The van der Waals surface area contributed by atoms with Crippen molar-refractivity contribution >= 4 is 22.8 Å². The van der Waals surface area contributed by atoms with Crippen LogP contribution in [-0.4, -0.2) is 83.4 Å². The monoisotopic (exact) mass is 518 g/mol. The van der Waals surface area contributed by atoms with Crippen LogP contribution in [-0.2, 0) is 4.79 Å². The van der Waals surface area contributed by atoms with Gasteiger partial charge in [-0.2, -0.15) is 0 Å². The van der Waals surface area contributed by atoms with E-state index in [-0.39, 0.29) is 11.9 Å². The molecule has 3 aromatic rings. The molecule has 38 heavy (non-hydrogen) atoms. The fourth-order valence-electron chi connectivity index (χ4n) is 5.03. The first-order valence-corrected chi connectivity index (χ1v) is 12.6. The normalized spacial score (nSPS) is 19.7. The zero-order valence-corrected chi connectivity index (χ0v) is 21.6. The summed E-state index contributed by atoms with van der Waals surface area (Å²) in [6.45, 7) is 2.94. The Balaban J connectivity index is 1.35. The number of anilines is 1. The number of nitrogens with two attached hydrogens (primary N) is 1. The van der Waals surface area contributed by atoms with Crippen molar-refractivity contribution in [3.63, 3.8) is 0 Å². The maximum Gasteiger partial charge on any atom is 0.246 e. The summed E-state index contributed by atoms with van der Waals surface area (Å²) in [5, 5.41) is 0.691. The first kappa shape index (κ1) is 25.5. The number of likely N-dealkylation sites (tertiary alicyclic amines) is 2. The summed E-state index contributed by atoms with van der Waals surface area (Å²) in [4.78, 5) is 25.3. The summed E-state index contributed by atoms with van der Waals surface area (Å²) in [6.07, 6.45) is 7.39. The molecule has 0 radical (unpaired) electrons. The summed E-state index contributed by atoms with van der Waals surface area (Å²) in [7, 11) is 3.19. The molecule has 2 fully saturated rings. The standard InChI is InChI=1S/C28H31FN6O3/c1-37-23-12-19(13-24(14-23)38-2)5-6-20-15-35(28-26(20)27(30)31-18-32-28)22-8-11-34(17-22)25(36)4-3-9-33-10-7-21(29)16-33/h3-4,12-15,18,21-22H,7-11,16-17H2,1-2H3,(H2,30,31,32)/b4-3+/t21-,22-/m0/s1. The molecule has 2 atom stereocenters. The van der Waals surface area contributed by atoms with E-state index in [1.165, 1.54) is 6.33 Å². The second kappa shape index (κ2) is 11.1. The number of amides is 1. The van der Waals surface area contributed by atoms with Crippen molar-refractivity contribution < 1.29 is 18.7 Å². The lowest BCUT2D eigenvalue weighted by Crippen LogP contribution is -2.28. The van der Waals surface area contributed by atoms with E-state index >= 15 is 0 Å². The third kappa shape index (κ3) is 5.43. The Labute approximate surface area is 221 Å². The molecule has 0 spiro atoms. The van der Waals surface area contributed by atoms with Crippen molar-refractivity contribution in [2.75, 3.05) is 52.7 Å². The Kier molecular flexibility index (Phi) is 7.47. The van der Waals surface area contributed by atoms with Crippen molar-refractivity contribution in [2.24, 2.45) is 0 Å². The topological polar surface area (TPSA) is 98.7 Å². The molecule has 2 saturated heterocycles. The number of benzene rings is 1. The van der Waals surface area contributed by atoms with Gasteiger partial charge in [0.15, 0.2) is 0 Å². The van der Waals surface area contributed by atoms with Crippen molar-refractivity contribution in [3.05, 3.63) is 54.0 Å². The minimum Gasteiger partial charge on any atom is -0.497 e. The summed E-state index contributed by atoms with van der Waals surface area (Å²) in [5.74, 6) is 8.00. The highest BCUT2D eigenvalue weighted by atomic mass is 19.1. The number of hydrogen-bond acceptors (Lipinski definition) is 7. The fraction of sp³-hybridized carbons (Fsp3) is 0.393. The van der Waals surface area contributed by atoms with Gasteiger partial charge < -0.3 is 24.7 Å². The molecule has 0 aliphatic carbocycles. The minimum absolute atomic E-state index is 0.0301. The van der Waals surface area contributed by atoms with Crippen LogP contribution in [0.25, 0.3) is 11.0 Å². The van der Waals surface area contributed by atoms with E-state index in [1.807, 2.05) is 38.8 Å². The van der Waals surface area contributed by atoms with E-state index in [9.17, 15) is 9.18 Å². The number of halogens is 1. The molecule has 4 heterocycles. The van der Waals surface area contributed by atoms with Crippen LogP contribution in [0.1, 0.15) is 30.0 Å². The molecular formula is C28H31FN6O3. The van der Waals surface area contributed by atoms with Crippen LogP contribution in [0.3, 0.4) is 0 Å². The van der Waals surface area contributed by atoms with Gasteiger partial charge in [-0.15, -0.1) is 0 Å². The van der Waals surface area contributed by atoms with Gasteiger partial charge in [-0.05, 0) is 25.0 Å². The van der Waals surface area contributed by atoms with Gasteiger partial charge in [-0.25, -0.2) is 14.4 Å². The zero-order chi connectivity index (χ0) is 26.6. The molecule has 1 amide bonds. The van der Waals surface area contributed by atoms with Gasteiger partial charge in [0.25, 0.3) is 0 Å². The predicted molar refractivity (Wildman–Crippen MR) is 143 cm³/mol. The minimum atomic E-state index is -0.763. The lowest BCUT2D eigenvalue weighted by atomic mass is 10.1. The number of methoxy groups -OCH3 is 2. The second-order valence-electron chi connectivity index (χ2n) is 9.53. The molecule has 198 valence electrons. The van der Waals surface area contributed by atoms with Gasteiger partial charge in [0.2, 0.25) is 5.91 Å². The van der Waals surface area contributed by atoms with E-state index in [0.29, 0.717) is 66.5 Å². The maximum atomic E-state index is 13.4. The molecule has 0 saturated carbocycles. The number of fused-ring (bicyclic) bond motifs is 1. The number of nitrogen functional groups attached to an aromatic ring is 1. The first-order valence-electron chi connectivity index (χ1n) is 12.6. The quantitative estimate of drug-likeness (QED) is 0.396. The summed E-state index contributed by atoms with van der Waals surface area (Å²) < 4.78 is 26.1. The van der Waals surface area contributed by atoms with Gasteiger partial charge >= 0.3 is 0 Å². The van der Waals surface area contributed by atoms with E-state index in [4.69, 9.17) is 15.2 Å². The average molecular weight is 519 g/mol. The van der Waals surface area contributed by atoms with E-state index in [1.54, 1.807) is 26.4 Å². The molecule has 9 nitrogen and oxygen atoms in total. The van der Waals surface area contributed by atoms with Gasteiger partial charge in [-0.3, -0.25) is 9.69 Å². The largest absolute Gasteiger partial charge is 0.497 e. The first-order chi connectivity index (χ1) is 18.4. The molecule has 0 bridgehead atoms. The Morgan fingerprint density at radius 1 is 1.13 bits per heavy atom. The van der Waals surface area contributed by atoms with E-state index in [0.717, 1.165) is 18.5 Å². The Morgan fingerprint density at radius 3 is 2.63 bits per heavy atom. The SMILES string of the molecule is COc1cc(C#Cc2cn([C@H]3CCN(C(=O)/C=C/CN4CC[C@H](F)C4)C3)c3ncnc(N)c23)cc(OC)c1. The Morgan fingerprint density at radius 2 is 1.92 bits per heavy atom. The number of alkyl halides is 1. The van der Waals surface area contributed by atoms with Crippen molar-refractivity contribution in [1.82, 2.24) is 24.3 Å². The predicted octanol–water partition coefficient (Wildman–Crippen LogP) is 2.80. The lowest BCUT2D eigenvalue weighted by Gasteiger charge is -2.16. The van der Waals surface area contributed by atoms with Gasteiger partial charge in [-0.1, -0.05) is 17.9 Å². The Hall–Kier alpha value is -4.10. The van der Waals surface area contributed by atoms with Crippen LogP contribution < -0.4 is 15.2 Å². The molecular weight excluding hydrogens is 487 g/mol. The highest BCUT2D eigenvalue weighted by Gasteiger charge is 2.28. The van der Waals surface area contributed by atoms with Gasteiger partial charge in [0.1, 0.15) is 35.5 Å². The molecule has 2 aliphatic rings.